The topological polar surface area (TPSA) is 90.1 Å². The van der Waals surface area contributed by atoms with E-state index in [9.17, 15) is 18.0 Å². The van der Waals surface area contributed by atoms with Crippen LogP contribution in [0.25, 0.3) is 22.3 Å². The predicted octanol–water partition coefficient (Wildman–Crippen LogP) is 5.46. The first-order chi connectivity index (χ1) is 16.7. The Kier molecular flexibility index (Phi) is 5.66. The maximum Gasteiger partial charge on any atom is 0.390 e. The number of ether oxygens (including phenoxy) is 1. The monoisotopic (exact) mass is 482 g/mol. The zero-order valence-electron chi connectivity index (χ0n) is 18.7. The first-order valence-electron chi connectivity index (χ1n) is 11.0. The van der Waals surface area contributed by atoms with Crippen LogP contribution in [0.3, 0.4) is 0 Å². The summed E-state index contributed by atoms with van der Waals surface area (Å²) in [4.78, 5) is 21.5. The molecular formula is C25H21F3N4O3. The van der Waals surface area contributed by atoms with Crippen molar-refractivity contribution in [3.05, 3.63) is 66.1 Å². The molecule has 0 saturated heterocycles. The molecule has 35 heavy (non-hydrogen) atoms. The highest BCUT2D eigenvalue weighted by atomic mass is 19.4. The molecule has 0 bridgehead atoms. The number of methoxy groups -OCH3 is 1. The SMILES string of the molecule is COc1ccc2ncc(-c3ccc(CC(=O)Nc4cc(C5(CC(F)(F)F)CC5)on4)cc3)nc2c1. The number of alkyl halides is 3. The van der Waals surface area contributed by atoms with Gasteiger partial charge in [0.15, 0.2) is 5.82 Å². The molecule has 0 spiro atoms. The lowest BCUT2D eigenvalue weighted by molar-refractivity contribution is -0.142. The predicted molar refractivity (Wildman–Crippen MR) is 122 cm³/mol. The number of nitrogens with one attached hydrogen (secondary N) is 1. The summed E-state index contributed by atoms with van der Waals surface area (Å²) in [6, 6.07) is 14.2. The summed E-state index contributed by atoms with van der Waals surface area (Å²) in [6.45, 7) is 0. The van der Waals surface area contributed by atoms with Gasteiger partial charge < -0.3 is 14.6 Å². The van der Waals surface area contributed by atoms with Gasteiger partial charge in [-0.2, -0.15) is 13.2 Å². The number of carbonyl (C=O) groups excluding carboxylic acids is 1. The molecule has 2 heterocycles. The summed E-state index contributed by atoms with van der Waals surface area (Å²) in [6.07, 6.45) is -2.72. The van der Waals surface area contributed by atoms with Crippen molar-refractivity contribution in [1.82, 2.24) is 15.1 Å². The van der Waals surface area contributed by atoms with Crippen LogP contribution in [0.1, 0.15) is 30.6 Å². The van der Waals surface area contributed by atoms with Crippen molar-refractivity contribution < 1.29 is 27.2 Å². The van der Waals surface area contributed by atoms with Gasteiger partial charge in [-0.15, -0.1) is 0 Å². The number of rotatable bonds is 7. The summed E-state index contributed by atoms with van der Waals surface area (Å²) in [5, 5.41) is 6.32. The molecule has 0 radical (unpaired) electrons. The van der Waals surface area contributed by atoms with Gasteiger partial charge in [0.2, 0.25) is 5.91 Å². The number of hydrogen-bond donors (Lipinski definition) is 1. The largest absolute Gasteiger partial charge is 0.497 e. The normalized spacial score (nSPS) is 14.6. The number of carbonyl (C=O) groups is 1. The van der Waals surface area contributed by atoms with E-state index in [1.807, 2.05) is 42.5 Å². The first-order valence-corrected chi connectivity index (χ1v) is 11.0. The number of aromatic nitrogens is 3. The van der Waals surface area contributed by atoms with Gasteiger partial charge in [0.1, 0.15) is 11.5 Å². The van der Waals surface area contributed by atoms with E-state index in [-0.39, 0.29) is 23.9 Å². The van der Waals surface area contributed by atoms with Gasteiger partial charge in [0.05, 0.1) is 42.9 Å². The molecule has 180 valence electrons. The molecule has 7 nitrogen and oxygen atoms in total. The minimum Gasteiger partial charge on any atom is -0.497 e. The molecule has 5 rings (SSSR count). The van der Waals surface area contributed by atoms with Crippen LogP contribution in [0.2, 0.25) is 0 Å². The smallest absolute Gasteiger partial charge is 0.390 e. The first kappa shape index (κ1) is 22.8. The van der Waals surface area contributed by atoms with Crippen molar-refractivity contribution in [3.63, 3.8) is 0 Å². The summed E-state index contributed by atoms with van der Waals surface area (Å²) < 4.78 is 48.8. The van der Waals surface area contributed by atoms with E-state index < -0.39 is 18.0 Å². The number of nitrogens with zero attached hydrogens (tertiary/aromatic N) is 3. The van der Waals surface area contributed by atoms with E-state index in [1.54, 1.807) is 13.3 Å². The van der Waals surface area contributed by atoms with E-state index in [0.717, 1.165) is 16.6 Å². The van der Waals surface area contributed by atoms with E-state index in [1.165, 1.54) is 6.07 Å². The molecular weight excluding hydrogens is 461 g/mol. The Balaban J connectivity index is 1.23. The van der Waals surface area contributed by atoms with E-state index in [0.29, 0.717) is 29.8 Å². The molecule has 4 aromatic rings. The number of halogens is 3. The quantitative estimate of drug-likeness (QED) is 0.376. The molecule has 2 aromatic carbocycles. The lowest BCUT2D eigenvalue weighted by Gasteiger charge is -2.13. The summed E-state index contributed by atoms with van der Waals surface area (Å²) >= 11 is 0. The Labute approximate surface area is 198 Å². The van der Waals surface area contributed by atoms with E-state index in [4.69, 9.17) is 9.26 Å². The Morgan fingerprint density at radius 3 is 2.57 bits per heavy atom. The van der Waals surface area contributed by atoms with Crippen LogP contribution in [0.15, 0.2) is 59.3 Å². The second kappa shape index (κ2) is 8.68. The Morgan fingerprint density at radius 2 is 1.89 bits per heavy atom. The van der Waals surface area contributed by atoms with Gasteiger partial charge in [0, 0.05) is 23.1 Å². The van der Waals surface area contributed by atoms with Crippen molar-refractivity contribution in [1.29, 1.82) is 0 Å². The average molecular weight is 482 g/mol. The maximum absolute atomic E-state index is 12.8. The van der Waals surface area contributed by atoms with Crippen molar-refractivity contribution in [2.45, 2.75) is 37.3 Å². The van der Waals surface area contributed by atoms with Gasteiger partial charge in [-0.1, -0.05) is 29.4 Å². The molecule has 0 unspecified atom stereocenters. The lowest BCUT2D eigenvalue weighted by Crippen LogP contribution is -2.19. The second-order valence-corrected chi connectivity index (χ2v) is 8.68. The maximum atomic E-state index is 12.8. The number of fused-ring (bicyclic) bond motifs is 1. The third-order valence-electron chi connectivity index (χ3n) is 6.06. The second-order valence-electron chi connectivity index (χ2n) is 8.68. The number of anilines is 1. The molecule has 1 saturated carbocycles. The number of hydrogen-bond acceptors (Lipinski definition) is 6. The minimum atomic E-state index is -4.29. The lowest BCUT2D eigenvalue weighted by atomic mass is 9.99. The number of amides is 1. The van der Waals surface area contributed by atoms with Gasteiger partial charge in [-0.05, 0) is 30.5 Å². The molecule has 2 aromatic heterocycles. The van der Waals surface area contributed by atoms with Crippen molar-refractivity contribution in [2.75, 3.05) is 12.4 Å². The summed E-state index contributed by atoms with van der Waals surface area (Å²) in [5.41, 5.74) is 2.68. The Bertz CT molecular complexity index is 1380. The third kappa shape index (κ3) is 5.11. The highest BCUT2D eigenvalue weighted by Gasteiger charge is 2.54. The zero-order valence-corrected chi connectivity index (χ0v) is 18.7. The van der Waals surface area contributed by atoms with Crippen molar-refractivity contribution in [2.24, 2.45) is 0 Å². The fraction of sp³-hybridized carbons (Fsp3) is 0.280. The fourth-order valence-electron chi connectivity index (χ4n) is 4.05. The van der Waals surface area contributed by atoms with Crippen LogP contribution < -0.4 is 10.1 Å². The molecule has 0 atom stereocenters. The van der Waals surface area contributed by atoms with Crippen LogP contribution in [-0.2, 0) is 16.6 Å². The molecule has 1 N–H and O–H groups in total. The molecule has 1 aliphatic rings. The molecule has 1 fully saturated rings. The summed E-state index contributed by atoms with van der Waals surface area (Å²) in [7, 11) is 1.59. The highest BCUT2D eigenvalue weighted by Crippen LogP contribution is 2.55. The van der Waals surface area contributed by atoms with Gasteiger partial charge in [-0.3, -0.25) is 9.78 Å². The molecule has 10 heteroatoms. The van der Waals surface area contributed by atoms with Crippen LogP contribution in [0, 0.1) is 0 Å². The van der Waals surface area contributed by atoms with Crippen LogP contribution >= 0.6 is 0 Å². The Morgan fingerprint density at radius 1 is 1.11 bits per heavy atom. The Hall–Kier alpha value is -3.95. The van der Waals surface area contributed by atoms with Crippen LogP contribution in [-0.4, -0.2) is 34.3 Å². The van der Waals surface area contributed by atoms with Crippen molar-refractivity contribution in [3.8, 4) is 17.0 Å². The third-order valence-corrected chi connectivity index (χ3v) is 6.06. The van der Waals surface area contributed by atoms with Gasteiger partial charge in [0.25, 0.3) is 0 Å². The molecule has 0 aliphatic heterocycles. The number of benzene rings is 2. The van der Waals surface area contributed by atoms with Crippen LogP contribution in [0.4, 0.5) is 19.0 Å². The fourth-order valence-corrected chi connectivity index (χ4v) is 4.05. The van der Waals surface area contributed by atoms with Gasteiger partial charge >= 0.3 is 6.18 Å². The standard InChI is InChI=1S/C25H21F3N4O3/c1-34-17-6-7-18-19(11-17)30-20(13-29-18)16-4-2-15(3-5-16)10-23(33)31-22-12-21(35-32-22)24(8-9-24)14-25(26,27)28/h2-7,11-13H,8-10,14H2,1H3,(H,31,32,33). The van der Waals surface area contributed by atoms with E-state index >= 15 is 0 Å². The van der Waals surface area contributed by atoms with Crippen LogP contribution in [0.5, 0.6) is 5.75 Å². The molecule has 1 amide bonds. The summed E-state index contributed by atoms with van der Waals surface area (Å²) in [5.74, 6) is 0.605. The molecule has 1 aliphatic carbocycles. The average Bonchev–Trinajstić information content (AvgIpc) is 3.43. The zero-order chi connectivity index (χ0) is 24.6. The van der Waals surface area contributed by atoms with Gasteiger partial charge in [-0.25, -0.2) is 4.98 Å². The van der Waals surface area contributed by atoms with E-state index in [2.05, 4.69) is 20.4 Å². The highest BCUT2D eigenvalue weighted by molar-refractivity contribution is 5.91. The van der Waals surface area contributed by atoms with Crippen molar-refractivity contribution >= 4 is 22.8 Å². The minimum absolute atomic E-state index is 0.0662.